The third-order valence-electron chi connectivity index (χ3n) is 7.67. The average Bonchev–Trinajstić information content (AvgIpc) is 3.58. The Balaban J connectivity index is 1.46. The molecule has 1 aromatic heterocycles. The van der Waals surface area contributed by atoms with E-state index in [1.807, 2.05) is 10.3 Å². The third-order valence-corrected chi connectivity index (χ3v) is 8.94. The van der Waals surface area contributed by atoms with Crippen molar-refractivity contribution in [2.24, 2.45) is 10.9 Å². The van der Waals surface area contributed by atoms with E-state index < -0.39 is 23.9 Å². The Morgan fingerprint density at radius 2 is 2.12 bits per heavy atom. The van der Waals surface area contributed by atoms with Gasteiger partial charge >= 0.3 is 11.9 Å². The monoisotopic (exact) mass is 600 g/mol. The van der Waals surface area contributed by atoms with E-state index in [-0.39, 0.29) is 18.5 Å². The third kappa shape index (κ3) is 5.97. The fourth-order valence-corrected chi connectivity index (χ4v) is 6.51. The number of carbonyl (C=O) groups is 2. The molecule has 2 fully saturated rings. The van der Waals surface area contributed by atoms with E-state index in [1.165, 1.54) is 17.4 Å². The van der Waals surface area contributed by atoms with Crippen molar-refractivity contribution in [3.8, 4) is 0 Å². The zero-order chi connectivity index (χ0) is 29.3. The molecule has 1 unspecified atom stereocenters. The number of halogens is 1. The predicted octanol–water partition coefficient (Wildman–Crippen LogP) is 2.81. The number of piperazine rings is 1. The summed E-state index contributed by atoms with van der Waals surface area (Å²) >= 11 is 7.11. The molecule has 0 amide bonds. The molecule has 5 rings (SSSR count). The molecule has 218 valence electrons. The topological polar surface area (TPSA) is 111 Å². The number of carboxylic acids is 1. The van der Waals surface area contributed by atoms with E-state index in [2.05, 4.69) is 20.1 Å². The van der Waals surface area contributed by atoms with Gasteiger partial charge in [0, 0.05) is 56.5 Å². The maximum atomic E-state index is 14.7. The van der Waals surface area contributed by atoms with E-state index in [1.54, 1.807) is 39.1 Å². The minimum atomic E-state index is -0.845. The Kier molecular flexibility index (Phi) is 8.66. The summed E-state index contributed by atoms with van der Waals surface area (Å²) in [4.78, 5) is 40.5. The molecule has 0 bridgehead atoms. The van der Waals surface area contributed by atoms with Gasteiger partial charge in [-0.05, 0) is 43.3 Å². The maximum absolute atomic E-state index is 14.7. The first-order valence-corrected chi connectivity index (χ1v) is 14.9. The number of fused-ring (bicyclic) bond motifs is 1. The molecule has 2 saturated heterocycles. The fourth-order valence-electron chi connectivity index (χ4n) is 5.53. The number of esters is 1. The summed E-state index contributed by atoms with van der Waals surface area (Å²) in [6, 6.07) is 4.14. The van der Waals surface area contributed by atoms with Crippen molar-refractivity contribution in [2.45, 2.75) is 32.9 Å². The van der Waals surface area contributed by atoms with Crippen LogP contribution in [0.4, 0.5) is 4.39 Å². The smallest absolute Gasteiger partial charge is 0.338 e. The van der Waals surface area contributed by atoms with Gasteiger partial charge in [-0.25, -0.2) is 14.2 Å². The highest BCUT2D eigenvalue weighted by atomic mass is 32.1. The van der Waals surface area contributed by atoms with Gasteiger partial charge < -0.3 is 25.0 Å². The number of nitrogens with one attached hydrogen (secondary N) is 1. The Morgan fingerprint density at radius 1 is 1.32 bits per heavy atom. The molecule has 0 aliphatic carbocycles. The van der Waals surface area contributed by atoms with Gasteiger partial charge in [0.05, 0.1) is 24.1 Å². The van der Waals surface area contributed by atoms with Crippen LogP contribution in [0.5, 0.6) is 0 Å². The van der Waals surface area contributed by atoms with Gasteiger partial charge in [-0.2, -0.15) is 0 Å². The normalized spacial score (nSPS) is 21.9. The zero-order valence-electron chi connectivity index (χ0n) is 23.2. The van der Waals surface area contributed by atoms with Gasteiger partial charge in [-0.15, -0.1) is 11.3 Å². The molecule has 3 aliphatic rings. The Morgan fingerprint density at radius 3 is 2.83 bits per heavy atom. The largest absolute Gasteiger partial charge is 0.481 e. The summed E-state index contributed by atoms with van der Waals surface area (Å²) in [5.74, 6) is -1.72. The minimum absolute atomic E-state index is 0.0980. The lowest BCUT2D eigenvalue weighted by molar-refractivity contribution is -0.141. The number of thiazole rings is 1. The first-order chi connectivity index (χ1) is 19.7. The molecule has 1 aromatic carbocycles. The Labute approximate surface area is 247 Å². The second-order valence-corrected chi connectivity index (χ2v) is 11.7. The SMILES string of the molecule is CCOC(=O)C1=C(CN2CCN3C(=S)N(CC(C)C(=O)O)C[C@@H]3C2)NC(c2nccs2)=N[C@H]1c1cccc(F)c1C. The van der Waals surface area contributed by atoms with E-state index >= 15 is 0 Å². The predicted molar refractivity (Wildman–Crippen MR) is 157 cm³/mol. The van der Waals surface area contributed by atoms with Crippen molar-refractivity contribution >= 4 is 46.4 Å². The molecule has 0 saturated carbocycles. The number of nitrogens with zero attached hydrogens (tertiary/aromatic N) is 5. The number of carboxylic acid groups (broad SMARTS) is 1. The molecule has 4 heterocycles. The van der Waals surface area contributed by atoms with Gasteiger partial charge in [-0.1, -0.05) is 19.1 Å². The molecular weight excluding hydrogens is 567 g/mol. The lowest BCUT2D eigenvalue weighted by Gasteiger charge is -2.38. The van der Waals surface area contributed by atoms with Crippen molar-refractivity contribution in [2.75, 3.05) is 45.9 Å². The standard InChI is InChI=1S/C28H33FN6O4S2/c1-4-39-27(38)22-21(15-33-9-10-35-18(13-33)14-34(28(35)40)12-16(2)26(36)37)31-24(25-30-8-11-41-25)32-23(22)19-6-5-7-20(29)17(19)3/h5-8,11,16,18,23H,4,9-10,12-15H2,1-3H3,(H,31,32)(H,36,37)/t16?,18-,23-/m0/s1. The highest BCUT2D eigenvalue weighted by molar-refractivity contribution is 7.80. The number of aliphatic carboxylic acids is 1. The van der Waals surface area contributed by atoms with E-state index in [9.17, 15) is 19.1 Å². The van der Waals surface area contributed by atoms with Crippen molar-refractivity contribution in [1.29, 1.82) is 0 Å². The summed E-state index contributed by atoms with van der Waals surface area (Å²) < 4.78 is 20.2. The van der Waals surface area contributed by atoms with Crippen LogP contribution in [0.3, 0.4) is 0 Å². The second-order valence-electron chi connectivity index (χ2n) is 10.4. The summed E-state index contributed by atoms with van der Waals surface area (Å²) in [5.41, 5.74) is 2.01. The number of thiocarbonyl (C=S) groups is 1. The first-order valence-electron chi connectivity index (χ1n) is 13.6. The van der Waals surface area contributed by atoms with Crippen LogP contribution in [0, 0.1) is 18.7 Å². The number of rotatable bonds is 9. The van der Waals surface area contributed by atoms with Crippen molar-refractivity contribution in [3.63, 3.8) is 0 Å². The lowest BCUT2D eigenvalue weighted by atomic mass is 9.92. The first kappa shape index (κ1) is 29.1. The Hall–Kier alpha value is -3.42. The molecule has 3 atom stereocenters. The second kappa shape index (κ2) is 12.2. The van der Waals surface area contributed by atoms with Crippen LogP contribution < -0.4 is 5.32 Å². The number of hydrogen-bond acceptors (Lipinski definition) is 9. The quantitative estimate of drug-likeness (QED) is 0.329. The van der Waals surface area contributed by atoms with Crippen LogP contribution in [0.25, 0.3) is 0 Å². The molecular formula is C28H33FN6O4S2. The number of amidine groups is 1. The fraction of sp³-hybridized carbons (Fsp3) is 0.464. The number of aromatic nitrogens is 1. The van der Waals surface area contributed by atoms with E-state index in [4.69, 9.17) is 21.9 Å². The van der Waals surface area contributed by atoms with E-state index in [0.717, 1.165) is 0 Å². The van der Waals surface area contributed by atoms with Gasteiger partial charge in [0.1, 0.15) is 11.9 Å². The summed E-state index contributed by atoms with van der Waals surface area (Å²) in [7, 11) is 0. The van der Waals surface area contributed by atoms with Crippen LogP contribution in [0.1, 0.15) is 36.0 Å². The molecule has 0 radical (unpaired) electrons. The number of hydrogen-bond donors (Lipinski definition) is 2. The van der Waals surface area contributed by atoms with Crippen LogP contribution >= 0.6 is 23.6 Å². The van der Waals surface area contributed by atoms with Gasteiger partial charge in [0.15, 0.2) is 16.0 Å². The van der Waals surface area contributed by atoms with Crippen molar-refractivity contribution < 1.29 is 23.8 Å². The zero-order valence-corrected chi connectivity index (χ0v) is 24.8. The van der Waals surface area contributed by atoms with Crippen molar-refractivity contribution in [3.05, 3.63) is 63.0 Å². The lowest BCUT2D eigenvalue weighted by Crippen LogP contribution is -2.53. The number of ether oxygens (including phenoxy) is 1. The van der Waals surface area contributed by atoms with E-state index in [0.29, 0.717) is 77.6 Å². The van der Waals surface area contributed by atoms with Gasteiger partial charge in [0.2, 0.25) is 0 Å². The molecule has 10 nitrogen and oxygen atoms in total. The summed E-state index contributed by atoms with van der Waals surface area (Å²) in [5, 5.41) is 15.9. The van der Waals surface area contributed by atoms with Crippen LogP contribution in [0.2, 0.25) is 0 Å². The highest BCUT2D eigenvalue weighted by Gasteiger charge is 2.40. The number of benzene rings is 1. The molecule has 0 spiro atoms. The molecule has 2 aromatic rings. The number of aliphatic imine (C=N–C) groups is 1. The summed E-state index contributed by atoms with van der Waals surface area (Å²) in [6.07, 6.45) is 1.69. The highest BCUT2D eigenvalue weighted by Crippen LogP contribution is 2.35. The maximum Gasteiger partial charge on any atom is 0.338 e. The van der Waals surface area contributed by atoms with Crippen molar-refractivity contribution in [1.82, 2.24) is 25.0 Å². The van der Waals surface area contributed by atoms with Crippen LogP contribution in [-0.4, -0.2) is 99.6 Å². The van der Waals surface area contributed by atoms with Gasteiger partial charge in [-0.3, -0.25) is 14.7 Å². The van der Waals surface area contributed by atoms with Crippen LogP contribution in [-0.2, 0) is 14.3 Å². The summed E-state index contributed by atoms with van der Waals surface area (Å²) in [6.45, 7) is 8.77. The molecule has 3 aliphatic heterocycles. The minimum Gasteiger partial charge on any atom is -0.481 e. The molecule has 13 heteroatoms. The molecule has 41 heavy (non-hydrogen) atoms. The molecule has 2 N–H and O–H groups in total. The van der Waals surface area contributed by atoms with Gasteiger partial charge in [0.25, 0.3) is 0 Å². The Bertz CT molecular complexity index is 1400. The van der Waals surface area contributed by atoms with Crippen LogP contribution in [0.15, 0.2) is 46.0 Å². The number of carbonyl (C=O) groups excluding carboxylic acids is 1. The average molecular weight is 601 g/mol.